The number of nitrogens with one attached hydrogen (secondary N) is 1. The minimum Gasteiger partial charge on any atom is -0.388 e. The van der Waals surface area contributed by atoms with Crippen LogP contribution in [0.2, 0.25) is 0 Å². The van der Waals surface area contributed by atoms with Gasteiger partial charge in [0.25, 0.3) is 5.69 Å². The van der Waals surface area contributed by atoms with Gasteiger partial charge in [0, 0.05) is 54.2 Å². The smallest absolute Gasteiger partial charge is 0.283 e. The lowest BCUT2D eigenvalue weighted by molar-refractivity contribution is -0.387. The fourth-order valence-electron chi connectivity index (χ4n) is 3.12. The van der Waals surface area contributed by atoms with Crippen molar-refractivity contribution in [3.05, 3.63) is 88.9 Å². The first-order valence-electron chi connectivity index (χ1n) is 8.76. The molecule has 0 saturated heterocycles. The van der Waals surface area contributed by atoms with Gasteiger partial charge >= 0.3 is 0 Å². The maximum Gasteiger partial charge on any atom is 0.283 e. The molecule has 6 nitrogen and oxygen atoms in total. The van der Waals surface area contributed by atoms with Crippen LogP contribution < -0.4 is 5.32 Å². The molecule has 0 aliphatic carbocycles. The zero-order valence-electron chi connectivity index (χ0n) is 15.2. The molecule has 0 saturated carbocycles. The van der Waals surface area contributed by atoms with Crippen LogP contribution in [-0.4, -0.2) is 21.5 Å². The Morgan fingerprint density at radius 3 is 2.64 bits per heavy atom. The van der Waals surface area contributed by atoms with E-state index in [0.29, 0.717) is 11.4 Å². The van der Waals surface area contributed by atoms with Crippen molar-refractivity contribution in [3.63, 3.8) is 0 Å². The summed E-state index contributed by atoms with van der Waals surface area (Å²) in [5.41, 5.74) is 3.35. The van der Waals surface area contributed by atoms with Crippen molar-refractivity contribution in [2.45, 2.75) is 16.3 Å². The van der Waals surface area contributed by atoms with E-state index >= 15 is 0 Å². The Hall–Kier alpha value is -3.32. The van der Waals surface area contributed by atoms with E-state index in [1.165, 1.54) is 17.8 Å². The summed E-state index contributed by atoms with van der Waals surface area (Å²) in [4.78, 5) is 16.7. The van der Waals surface area contributed by atoms with Gasteiger partial charge in [-0.2, -0.15) is 0 Å². The van der Waals surface area contributed by atoms with E-state index < -0.39 is 0 Å². The summed E-state index contributed by atoms with van der Waals surface area (Å²) in [6.45, 7) is 0.698. The van der Waals surface area contributed by atoms with Gasteiger partial charge in [0.1, 0.15) is 0 Å². The second-order valence-electron chi connectivity index (χ2n) is 6.29. The Balaban J connectivity index is 1.80. The molecule has 0 unspecified atom stereocenters. The van der Waals surface area contributed by atoms with E-state index in [-0.39, 0.29) is 10.6 Å². The molecule has 7 heteroatoms. The van der Waals surface area contributed by atoms with E-state index in [1.54, 1.807) is 24.5 Å². The molecule has 4 rings (SSSR count). The number of nitrogens with zero attached hydrogens (tertiary/aromatic N) is 3. The van der Waals surface area contributed by atoms with Crippen LogP contribution in [0.1, 0.15) is 5.56 Å². The number of anilines is 1. The first-order chi connectivity index (χ1) is 13.7. The monoisotopic (exact) mass is 390 g/mol. The molecule has 2 aromatic carbocycles. The molecule has 0 aliphatic rings. The standard InChI is InChI=1S/C21H18N4O2S/c1-22-16-6-7-17-19(12-16)24(13-15-8-10-23-11-9-15)14-21(17)28-20-5-3-2-4-18(20)25(26)27/h2-12,14,22H,13H2,1H3. The van der Waals surface area contributed by atoms with Gasteiger partial charge in [0.05, 0.1) is 15.3 Å². The van der Waals surface area contributed by atoms with Crippen LogP contribution in [0.4, 0.5) is 11.4 Å². The van der Waals surface area contributed by atoms with Crippen molar-refractivity contribution in [3.8, 4) is 0 Å². The summed E-state index contributed by atoms with van der Waals surface area (Å²) in [6, 6.07) is 17.0. The Kier molecular flexibility index (Phi) is 4.99. The predicted molar refractivity (Wildman–Crippen MR) is 112 cm³/mol. The summed E-state index contributed by atoms with van der Waals surface area (Å²) < 4.78 is 2.17. The molecular formula is C21H18N4O2S. The topological polar surface area (TPSA) is 73.0 Å². The molecule has 0 amide bonds. The first-order valence-corrected chi connectivity index (χ1v) is 9.58. The Bertz CT molecular complexity index is 1140. The number of rotatable bonds is 6. The maximum absolute atomic E-state index is 11.4. The average molecular weight is 390 g/mol. The molecule has 28 heavy (non-hydrogen) atoms. The van der Waals surface area contributed by atoms with E-state index in [9.17, 15) is 10.1 Å². The molecule has 0 spiro atoms. The van der Waals surface area contributed by atoms with E-state index in [0.717, 1.165) is 27.0 Å². The summed E-state index contributed by atoms with van der Waals surface area (Å²) in [6.07, 6.45) is 5.62. The second kappa shape index (κ2) is 7.74. The number of nitro groups is 1. The number of nitro benzene ring substituents is 1. The normalized spacial score (nSPS) is 10.9. The van der Waals surface area contributed by atoms with E-state index in [1.807, 2.05) is 31.3 Å². The Morgan fingerprint density at radius 2 is 1.89 bits per heavy atom. The quantitative estimate of drug-likeness (QED) is 0.362. The van der Waals surface area contributed by atoms with Gasteiger partial charge in [-0.1, -0.05) is 23.9 Å². The molecule has 0 aliphatic heterocycles. The highest BCUT2D eigenvalue weighted by Gasteiger charge is 2.17. The van der Waals surface area contributed by atoms with E-state index in [2.05, 4.69) is 33.2 Å². The fourth-order valence-corrected chi connectivity index (χ4v) is 4.22. The molecule has 2 heterocycles. The first kappa shape index (κ1) is 18.1. The second-order valence-corrected chi connectivity index (χ2v) is 7.37. The van der Waals surface area contributed by atoms with Crippen molar-refractivity contribution in [2.75, 3.05) is 12.4 Å². The highest BCUT2D eigenvalue weighted by molar-refractivity contribution is 7.99. The molecule has 4 aromatic rings. The van der Waals surface area contributed by atoms with Crippen LogP contribution in [0.25, 0.3) is 10.9 Å². The average Bonchev–Trinajstić information content (AvgIpc) is 3.05. The van der Waals surface area contributed by atoms with Crippen molar-refractivity contribution in [2.24, 2.45) is 0 Å². The van der Waals surface area contributed by atoms with Crippen LogP contribution in [0.5, 0.6) is 0 Å². The highest BCUT2D eigenvalue weighted by atomic mass is 32.2. The third-order valence-corrected chi connectivity index (χ3v) is 5.63. The van der Waals surface area contributed by atoms with Crippen molar-refractivity contribution < 1.29 is 4.92 Å². The molecular weight excluding hydrogens is 372 g/mol. The molecule has 140 valence electrons. The largest absolute Gasteiger partial charge is 0.388 e. The summed E-state index contributed by atoms with van der Waals surface area (Å²) in [7, 11) is 1.89. The van der Waals surface area contributed by atoms with Gasteiger partial charge in [0.15, 0.2) is 0 Å². The molecule has 2 aromatic heterocycles. The Labute approximate surface area is 166 Å². The van der Waals surface area contributed by atoms with Crippen LogP contribution in [0, 0.1) is 10.1 Å². The highest BCUT2D eigenvalue weighted by Crippen LogP contribution is 2.39. The summed E-state index contributed by atoms with van der Waals surface area (Å²) >= 11 is 1.42. The Morgan fingerprint density at radius 1 is 1.11 bits per heavy atom. The molecule has 0 bridgehead atoms. The SMILES string of the molecule is CNc1ccc2c(Sc3ccccc3[N+](=O)[O-])cn(Cc3ccncc3)c2c1. The van der Waals surface area contributed by atoms with Crippen LogP contribution in [-0.2, 0) is 6.54 Å². The van der Waals surface area contributed by atoms with Gasteiger partial charge in [-0.15, -0.1) is 0 Å². The molecule has 1 N–H and O–H groups in total. The number of fused-ring (bicyclic) bond motifs is 1. The maximum atomic E-state index is 11.4. The van der Waals surface area contributed by atoms with Crippen molar-refractivity contribution in [1.82, 2.24) is 9.55 Å². The molecule has 0 radical (unpaired) electrons. The van der Waals surface area contributed by atoms with E-state index in [4.69, 9.17) is 0 Å². The number of pyridine rings is 1. The lowest BCUT2D eigenvalue weighted by Crippen LogP contribution is -1.98. The van der Waals surface area contributed by atoms with Gasteiger partial charge in [0.2, 0.25) is 0 Å². The number of aromatic nitrogens is 2. The minimum absolute atomic E-state index is 0.120. The van der Waals surface area contributed by atoms with Gasteiger partial charge < -0.3 is 9.88 Å². The van der Waals surface area contributed by atoms with Crippen molar-refractivity contribution >= 4 is 34.0 Å². The zero-order chi connectivity index (χ0) is 19.5. The number of hydrogen-bond donors (Lipinski definition) is 1. The van der Waals surface area contributed by atoms with Crippen LogP contribution in [0.15, 0.2) is 83.0 Å². The van der Waals surface area contributed by atoms with Gasteiger partial charge in [-0.25, -0.2) is 0 Å². The zero-order valence-corrected chi connectivity index (χ0v) is 16.0. The number of hydrogen-bond acceptors (Lipinski definition) is 5. The lowest BCUT2D eigenvalue weighted by Gasteiger charge is -2.06. The number of benzene rings is 2. The summed E-state index contributed by atoms with van der Waals surface area (Å²) in [5, 5.41) is 15.6. The van der Waals surface area contributed by atoms with Crippen LogP contribution >= 0.6 is 11.8 Å². The minimum atomic E-state index is -0.336. The van der Waals surface area contributed by atoms with Crippen molar-refractivity contribution in [1.29, 1.82) is 0 Å². The van der Waals surface area contributed by atoms with Gasteiger partial charge in [-0.3, -0.25) is 15.1 Å². The predicted octanol–water partition coefficient (Wildman–Crippen LogP) is 5.19. The molecule has 0 fully saturated rings. The van der Waals surface area contributed by atoms with Gasteiger partial charge in [-0.05, 0) is 42.0 Å². The number of para-hydroxylation sites is 1. The summed E-state index contributed by atoms with van der Waals surface area (Å²) in [5.74, 6) is 0. The third-order valence-electron chi connectivity index (χ3n) is 4.52. The molecule has 0 atom stereocenters. The van der Waals surface area contributed by atoms with Crippen LogP contribution in [0.3, 0.4) is 0 Å². The fraction of sp³-hybridized carbons (Fsp3) is 0.0952. The third kappa shape index (κ3) is 3.57. The lowest BCUT2D eigenvalue weighted by atomic mass is 10.2.